The van der Waals surface area contributed by atoms with Crippen LogP contribution in [-0.4, -0.2) is 0 Å². The molecule has 2 saturated carbocycles. The van der Waals surface area contributed by atoms with E-state index in [1.54, 1.807) is 19.3 Å². The fourth-order valence-electron chi connectivity index (χ4n) is 3.50. The van der Waals surface area contributed by atoms with Gasteiger partial charge in [-0.2, -0.15) is 0 Å². The third-order valence-electron chi connectivity index (χ3n) is 4.91. The fourth-order valence-corrected chi connectivity index (χ4v) is 3.50. The van der Waals surface area contributed by atoms with E-state index in [1.165, 1.54) is 12.8 Å². The molecule has 15 heavy (non-hydrogen) atoms. The minimum Gasteiger partial charge on any atom is -0.0654 e. The highest BCUT2D eigenvalue weighted by Gasteiger charge is 2.51. The average Bonchev–Trinajstić information content (AvgIpc) is 3.02. The summed E-state index contributed by atoms with van der Waals surface area (Å²) in [5.74, 6) is 6.41. The van der Waals surface area contributed by atoms with Crippen LogP contribution in [0.5, 0.6) is 0 Å². The lowest BCUT2D eigenvalue weighted by Crippen LogP contribution is -2.10. The van der Waals surface area contributed by atoms with Gasteiger partial charge in [-0.3, -0.25) is 0 Å². The standard InChI is InChI=1S/C15H28/c1-5-6-12(10(2)3)8-13-9-15(13)14-7-11(14)4/h10-15H,5-9H2,1-4H3. The highest BCUT2D eigenvalue weighted by molar-refractivity contribution is 5.00. The minimum absolute atomic E-state index is 0.905. The average molecular weight is 208 g/mol. The lowest BCUT2D eigenvalue weighted by molar-refractivity contribution is 0.309. The van der Waals surface area contributed by atoms with Crippen molar-refractivity contribution in [2.45, 2.75) is 59.8 Å². The van der Waals surface area contributed by atoms with Crippen molar-refractivity contribution in [2.75, 3.05) is 0 Å². The van der Waals surface area contributed by atoms with E-state index in [0.717, 1.165) is 35.5 Å². The van der Waals surface area contributed by atoms with Crippen molar-refractivity contribution >= 4 is 0 Å². The SMILES string of the molecule is CCCC(CC1CC1C1CC1C)C(C)C. The maximum Gasteiger partial charge on any atom is -0.0352 e. The molecular formula is C15H28. The molecule has 2 aliphatic rings. The van der Waals surface area contributed by atoms with Gasteiger partial charge in [0.1, 0.15) is 0 Å². The summed E-state index contributed by atoms with van der Waals surface area (Å²) >= 11 is 0. The largest absolute Gasteiger partial charge is 0.0654 e. The van der Waals surface area contributed by atoms with Crippen LogP contribution in [0.3, 0.4) is 0 Å². The predicted molar refractivity (Wildman–Crippen MR) is 66.7 cm³/mol. The highest BCUT2D eigenvalue weighted by Crippen LogP contribution is 2.59. The van der Waals surface area contributed by atoms with Gasteiger partial charge < -0.3 is 0 Å². The summed E-state index contributed by atoms with van der Waals surface area (Å²) in [6.45, 7) is 9.60. The van der Waals surface area contributed by atoms with Gasteiger partial charge in [0.05, 0.1) is 0 Å². The van der Waals surface area contributed by atoms with Crippen molar-refractivity contribution in [1.82, 2.24) is 0 Å². The van der Waals surface area contributed by atoms with Gasteiger partial charge in [-0.1, -0.05) is 40.5 Å². The summed E-state index contributed by atoms with van der Waals surface area (Å²) in [6.07, 6.45) is 7.49. The Morgan fingerprint density at radius 2 is 1.80 bits per heavy atom. The number of rotatable bonds is 6. The molecule has 5 atom stereocenters. The quantitative estimate of drug-likeness (QED) is 0.591. The second kappa shape index (κ2) is 4.47. The van der Waals surface area contributed by atoms with E-state index in [1.807, 2.05) is 0 Å². The van der Waals surface area contributed by atoms with Gasteiger partial charge in [0.2, 0.25) is 0 Å². The van der Waals surface area contributed by atoms with E-state index < -0.39 is 0 Å². The summed E-state index contributed by atoms with van der Waals surface area (Å²) in [5, 5.41) is 0. The van der Waals surface area contributed by atoms with Crippen LogP contribution in [0.25, 0.3) is 0 Å². The van der Waals surface area contributed by atoms with Gasteiger partial charge >= 0.3 is 0 Å². The Bertz CT molecular complexity index is 206. The normalized spacial score (nSPS) is 40.6. The second-order valence-corrected chi connectivity index (χ2v) is 6.56. The summed E-state index contributed by atoms with van der Waals surface area (Å²) in [7, 11) is 0. The monoisotopic (exact) mass is 208 g/mol. The van der Waals surface area contributed by atoms with E-state index in [9.17, 15) is 0 Å². The van der Waals surface area contributed by atoms with Crippen LogP contribution in [0.2, 0.25) is 0 Å². The Balaban J connectivity index is 1.72. The van der Waals surface area contributed by atoms with Gasteiger partial charge in [0.25, 0.3) is 0 Å². The van der Waals surface area contributed by atoms with Gasteiger partial charge in [-0.25, -0.2) is 0 Å². The van der Waals surface area contributed by atoms with Crippen molar-refractivity contribution in [3.05, 3.63) is 0 Å². The van der Waals surface area contributed by atoms with E-state index in [2.05, 4.69) is 27.7 Å². The maximum atomic E-state index is 2.44. The van der Waals surface area contributed by atoms with Gasteiger partial charge in [-0.15, -0.1) is 0 Å². The molecule has 0 radical (unpaired) electrons. The molecule has 2 aliphatic carbocycles. The summed E-state index contributed by atoms with van der Waals surface area (Å²) < 4.78 is 0. The first kappa shape index (κ1) is 11.5. The third kappa shape index (κ3) is 2.77. The lowest BCUT2D eigenvalue weighted by atomic mass is 9.86. The van der Waals surface area contributed by atoms with Crippen LogP contribution in [0.1, 0.15) is 59.8 Å². The zero-order valence-corrected chi connectivity index (χ0v) is 11.0. The maximum absolute atomic E-state index is 2.44. The van der Waals surface area contributed by atoms with E-state index >= 15 is 0 Å². The summed E-state index contributed by atoms with van der Waals surface area (Å²) in [5.41, 5.74) is 0. The first-order valence-corrected chi connectivity index (χ1v) is 7.13. The molecule has 2 fully saturated rings. The topological polar surface area (TPSA) is 0 Å². The molecule has 0 N–H and O–H groups in total. The van der Waals surface area contributed by atoms with Crippen LogP contribution < -0.4 is 0 Å². The van der Waals surface area contributed by atoms with Crippen LogP contribution in [-0.2, 0) is 0 Å². The first-order chi connectivity index (χ1) is 7.13. The second-order valence-electron chi connectivity index (χ2n) is 6.56. The number of hydrogen-bond donors (Lipinski definition) is 0. The Morgan fingerprint density at radius 1 is 1.13 bits per heavy atom. The predicted octanol–water partition coefficient (Wildman–Crippen LogP) is 4.74. The van der Waals surface area contributed by atoms with Gasteiger partial charge in [0.15, 0.2) is 0 Å². The third-order valence-corrected chi connectivity index (χ3v) is 4.91. The Morgan fingerprint density at radius 3 is 2.27 bits per heavy atom. The van der Waals surface area contributed by atoms with E-state index in [-0.39, 0.29) is 0 Å². The molecule has 0 aliphatic heterocycles. The van der Waals surface area contributed by atoms with Crippen LogP contribution >= 0.6 is 0 Å². The minimum atomic E-state index is 0.905. The lowest BCUT2D eigenvalue weighted by Gasteiger charge is -2.20. The van der Waals surface area contributed by atoms with Gasteiger partial charge in [0, 0.05) is 0 Å². The van der Waals surface area contributed by atoms with Gasteiger partial charge in [-0.05, 0) is 54.8 Å². The van der Waals surface area contributed by atoms with E-state index in [4.69, 9.17) is 0 Å². The Hall–Kier alpha value is 0. The van der Waals surface area contributed by atoms with Crippen molar-refractivity contribution < 1.29 is 0 Å². The highest BCUT2D eigenvalue weighted by atomic mass is 14.6. The zero-order chi connectivity index (χ0) is 11.0. The number of hydrogen-bond acceptors (Lipinski definition) is 0. The molecule has 0 spiro atoms. The van der Waals surface area contributed by atoms with E-state index in [0.29, 0.717) is 0 Å². The van der Waals surface area contributed by atoms with Crippen molar-refractivity contribution in [3.8, 4) is 0 Å². The smallest absolute Gasteiger partial charge is 0.0352 e. The molecule has 0 aromatic carbocycles. The fraction of sp³-hybridized carbons (Fsp3) is 1.00. The molecule has 0 heteroatoms. The molecule has 2 rings (SSSR count). The Labute approximate surface area is 95.8 Å². The molecule has 0 saturated heterocycles. The molecule has 0 nitrogen and oxygen atoms in total. The molecule has 0 heterocycles. The Kier molecular flexibility index (Phi) is 3.42. The van der Waals surface area contributed by atoms with Crippen molar-refractivity contribution in [3.63, 3.8) is 0 Å². The molecule has 0 amide bonds. The van der Waals surface area contributed by atoms with Crippen molar-refractivity contribution in [2.24, 2.45) is 35.5 Å². The molecular weight excluding hydrogens is 180 g/mol. The molecule has 0 aromatic rings. The molecule has 88 valence electrons. The summed E-state index contributed by atoms with van der Waals surface area (Å²) in [4.78, 5) is 0. The van der Waals surface area contributed by atoms with Crippen LogP contribution in [0.15, 0.2) is 0 Å². The molecule has 5 unspecified atom stereocenters. The van der Waals surface area contributed by atoms with Crippen molar-refractivity contribution in [1.29, 1.82) is 0 Å². The molecule has 0 bridgehead atoms. The molecule has 0 aromatic heterocycles. The first-order valence-electron chi connectivity index (χ1n) is 7.13. The zero-order valence-electron chi connectivity index (χ0n) is 11.0. The summed E-state index contributed by atoms with van der Waals surface area (Å²) in [6, 6.07) is 0. The van der Waals surface area contributed by atoms with Crippen LogP contribution in [0, 0.1) is 35.5 Å². The van der Waals surface area contributed by atoms with Crippen LogP contribution in [0.4, 0.5) is 0 Å².